The Kier molecular flexibility index (Phi) is 7.82. The molecule has 0 amide bonds. The number of hydrogen-bond donors (Lipinski definition) is 0. The number of nitrogens with zero attached hydrogens (tertiary/aromatic N) is 3. The van der Waals surface area contributed by atoms with Crippen LogP contribution < -0.4 is 4.74 Å². The highest BCUT2D eigenvalue weighted by Crippen LogP contribution is 2.37. The second-order valence-electron chi connectivity index (χ2n) is 10.4. The Morgan fingerprint density at radius 1 is 1.15 bits per heavy atom. The average molecular weight is 534 g/mol. The summed E-state index contributed by atoms with van der Waals surface area (Å²) in [6.07, 6.45) is 6.01. The third-order valence-corrected chi connectivity index (χ3v) is 7.84. The topological polar surface area (TPSA) is 58.3 Å². The predicted octanol–water partition coefficient (Wildman–Crippen LogP) is 7.96. The molecular formula is C34H32ClN3O. The smallest absolute Gasteiger partial charge is 0.214 e. The molecule has 2 aliphatic rings. The number of fused-ring (bicyclic) bond motifs is 2. The molecule has 1 heterocycles. The van der Waals surface area contributed by atoms with E-state index in [0.717, 1.165) is 50.7 Å². The number of rotatable bonds is 8. The van der Waals surface area contributed by atoms with Gasteiger partial charge in [0, 0.05) is 22.4 Å². The molecule has 0 spiro atoms. The number of hydrogen-bond acceptors (Lipinski definition) is 4. The van der Waals surface area contributed by atoms with Gasteiger partial charge in [-0.05, 0) is 103 Å². The number of aromatic nitrogens is 1. The van der Waals surface area contributed by atoms with Crippen molar-refractivity contribution in [2.24, 2.45) is 10.9 Å². The first kappa shape index (κ1) is 26.7. The van der Waals surface area contributed by atoms with Gasteiger partial charge in [-0.3, -0.25) is 4.99 Å². The van der Waals surface area contributed by atoms with E-state index in [4.69, 9.17) is 26.3 Å². The summed E-state index contributed by atoms with van der Waals surface area (Å²) < 4.78 is 6.10. The van der Waals surface area contributed by atoms with Gasteiger partial charge in [0.25, 0.3) is 0 Å². The summed E-state index contributed by atoms with van der Waals surface area (Å²) in [5.74, 6) is 1.18. The maximum Gasteiger partial charge on any atom is 0.214 e. The fraction of sp³-hybridized carbons (Fsp3) is 0.265. The second kappa shape index (κ2) is 11.4. The van der Waals surface area contributed by atoms with Crippen LogP contribution in [0.1, 0.15) is 58.8 Å². The molecule has 0 saturated heterocycles. The fourth-order valence-electron chi connectivity index (χ4n) is 5.16. The number of aryl methyl sites for hydroxylation is 1. The molecule has 0 unspecified atom stereocenters. The summed E-state index contributed by atoms with van der Waals surface area (Å²) in [5, 5.41) is 9.98. The Balaban J connectivity index is 1.29. The summed E-state index contributed by atoms with van der Waals surface area (Å²) in [6, 6.07) is 18.2. The largest absolute Gasteiger partial charge is 0.473 e. The standard InChI is InChI=1S/C34H32ClN3O/c1-21-6-5-7-31(35)33(21)24(4)37-20-29(25-8-9-25)14-15-39-32-13-12-28-18-30-17-26(23(3)19-36)10-11-27(30)16-22(2)34(28)38-32/h5-7,10-14,17,25H,2-3,8-9,15-16,18,20H2,1,4H3/b29-14-,37-24?. The Morgan fingerprint density at radius 2 is 1.95 bits per heavy atom. The Morgan fingerprint density at radius 3 is 2.69 bits per heavy atom. The van der Waals surface area contributed by atoms with E-state index < -0.39 is 0 Å². The maximum absolute atomic E-state index is 9.24. The SMILES string of the molecule is C=C(C#N)c1ccc2c(c1)Cc1ccc(OC/C=C(/CN=C(C)c3c(C)cccc3Cl)C3CC3)nc1C(=C)C2. The van der Waals surface area contributed by atoms with Crippen LogP contribution in [-0.2, 0) is 12.8 Å². The zero-order valence-corrected chi connectivity index (χ0v) is 23.3. The molecule has 4 nitrogen and oxygen atoms in total. The fourth-order valence-corrected chi connectivity index (χ4v) is 5.52. The van der Waals surface area contributed by atoms with Crippen LogP contribution in [0.3, 0.4) is 0 Å². The van der Waals surface area contributed by atoms with Crippen molar-refractivity contribution in [2.75, 3.05) is 13.2 Å². The van der Waals surface area contributed by atoms with Gasteiger partial charge in [0.1, 0.15) is 6.61 Å². The van der Waals surface area contributed by atoms with Gasteiger partial charge in [-0.2, -0.15) is 5.26 Å². The molecule has 3 aromatic rings. The van der Waals surface area contributed by atoms with Gasteiger partial charge in [-0.15, -0.1) is 0 Å². The van der Waals surface area contributed by atoms with Crippen LogP contribution in [-0.4, -0.2) is 23.8 Å². The molecule has 0 N–H and O–H groups in total. The number of halogens is 1. The molecule has 2 aliphatic carbocycles. The second-order valence-corrected chi connectivity index (χ2v) is 10.8. The van der Waals surface area contributed by atoms with Crippen molar-refractivity contribution in [3.05, 3.63) is 117 Å². The van der Waals surface area contributed by atoms with Crippen LogP contribution in [0.25, 0.3) is 11.1 Å². The lowest BCUT2D eigenvalue weighted by Crippen LogP contribution is -2.05. The molecule has 196 valence electrons. The molecule has 2 aromatic carbocycles. The monoisotopic (exact) mass is 533 g/mol. The van der Waals surface area contributed by atoms with Gasteiger partial charge in [0.15, 0.2) is 0 Å². The summed E-state index contributed by atoms with van der Waals surface area (Å²) in [5.41, 5.74) is 11.1. The molecule has 39 heavy (non-hydrogen) atoms. The number of aliphatic imine (C=N–C) groups is 1. The molecule has 0 bridgehead atoms. The zero-order valence-electron chi connectivity index (χ0n) is 22.6. The van der Waals surface area contributed by atoms with Gasteiger partial charge in [0.05, 0.1) is 23.9 Å². The number of nitriles is 1. The highest BCUT2D eigenvalue weighted by Gasteiger charge is 2.25. The van der Waals surface area contributed by atoms with Crippen LogP contribution in [0.2, 0.25) is 5.02 Å². The van der Waals surface area contributed by atoms with Gasteiger partial charge in [0.2, 0.25) is 5.88 Å². The lowest BCUT2D eigenvalue weighted by atomic mass is 9.96. The minimum Gasteiger partial charge on any atom is -0.473 e. The highest BCUT2D eigenvalue weighted by atomic mass is 35.5. The van der Waals surface area contributed by atoms with E-state index in [2.05, 4.69) is 56.5 Å². The third-order valence-electron chi connectivity index (χ3n) is 7.52. The summed E-state index contributed by atoms with van der Waals surface area (Å²) in [6.45, 7) is 13.4. The molecule has 0 radical (unpaired) electrons. The average Bonchev–Trinajstić information content (AvgIpc) is 3.77. The summed E-state index contributed by atoms with van der Waals surface area (Å²) in [7, 11) is 0. The summed E-state index contributed by atoms with van der Waals surface area (Å²) in [4.78, 5) is 9.72. The van der Waals surface area contributed by atoms with Crippen molar-refractivity contribution >= 4 is 28.5 Å². The number of allylic oxidation sites excluding steroid dienone is 2. The van der Waals surface area contributed by atoms with Crippen molar-refractivity contribution < 1.29 is 4.74 Å². The number of ether oxygens (including phenoxy) is 1. The summed E-state index contributed by atoms with van der Waals surface area (Å²) >= 11 is 6.44. The van der Waals surface area contributed by atoms with E-state index in [0.29, 0.717) is 36.9 Å². The van der Waals surface area contributed by atoms with Crippen LogP contribution in [0.4, 0.5) is 0 Å². The molecule has 0 aliphatic heterocycles. The highest BCUT2D eigenvalue weighted by molar-refractivity contribution is 6.34. The van der Waals surface area contributed by atoms with Gasteiger partial charge >= 0.3 is 0 Å². The molecule has 1 saturated carbocycles. The minimum atomic E-state index is 0.448. The Bertz CT molecular complexity index is 1550. The van der Waals surface area contributed by atoms with E-state index in [9.17, 15) is 5.26 Å². The first-order chi connectivity index (χ1) is 18.8. The van der Waals surface area contributed by atoms with Gasteiger partial charge in [-0.1, -0.05) is 55.1 Å². The first-order valence-corrected chi connectivity index (χ1v) is 13.7. The Hall–Kier alpha value is -3.94. The molecule has 1 aromatic heterocycles. The van der Waals surface area contributed by atoms with Crippen molar-refractivity contribution in [3.63, 3.8) is 0 Å². The van der Waals surface area contributed by atoms with Crippen LogP contribution in [0, 0.1) is 24.2 Å². The van der Waals surface area contributed by atoms with E-state index in [-0.39, 0.29) is 0 Å². The maximum atomic E-state index is 9.24. The van der Waals surface area contributed by atoms with Gasteiger partial charge < -0.3 is 4.74 Å². The quantitative estimate of drug-likeness (QED) is 0.167. The van der Waals surface area contributed by atoms with E-state index in [1.165, 1.54) is 29.5 Å². The van der Waals surface area contributed by atoms with Crippen molar-refractivity contribution in [1.82, 2.24) is 4.98 Å². The van der Waals surface area contributed by atoms with Crippen LogP contribution in [0.5, 0.6) is 5.88 Å². The van der Waals surface area contributed by atoms with E-state index in [1.807, 2.05) is 31.2 Å². The Labute approximate surface area is 236 Å². The number of benzene rings is 2. The zero-order chi connectivity index (χ0) is 27.5. The molecular weight excluding hydrogens is 502 g/mol. The number of pyridine rings is 1. The minimum absolute atomic E-state index is 0.448. The first-order valence-electron chi connectivity index (χ1n) is 13.3. The normalized spacial score (nSPS) is 15.2. The van der Waals surface area contributed by atoms with Crippen molar-refractivity contribution in [2.45, 2.75) is 39.5 Å². The van der Waals surface area contributed by atoms with Crippen LogP contribution >= 0.6 is 11.6 Å². The molecule has 5 heteroatoms. The molecule has 1 fully saturated rings. The lowest BCUT2D eigenvalue weighted by Gasteiger charge is -2.11. The molecule has 5 rings (SSSR count). The predicted molar refractivity (Wildman–Crippen MR) is 160 cm³/mol. The molecule has 0 atom stereocenters. The lowest BCUT2D eigenvalue weighted by molar-refractivity contribution is 0.346. The van der Waals surface area contributed by atoms with E-state index in [1.54, 1.807) is 0 Å². The van der Waals surface area contributed by atoms with E-state index >= 15 is 0 Å². The third kappa shape index (κ3) is 6.05. The van der Waals surface area contributed by atoms with Crippen LogP contribution in [0.15, 0.2) is 78.3 Å². The van der Waals surface area contributed by atoms with Crippen molar-refractivity contribution in [1.29, 1.82) is 5.26 Å². The van der Waals surface area contributed by atoms with Crippen molar-refractivity contribution in [3.8, 4) is 11.9 Å². The van der Waals surface area contributed by atoms with Gasteiger partial charge in [-0.25, -0.2) is 4.98 Å².